The molecule has 0 aromatic carbocycles. The van der Waals surface area contributed by atoms with Gasteiger partial charge >= 0.3 is 0 Å². The molecule has 1 aromatic heterocycles. The van der Waals surface area contributed by atoms with Crippen molar-refractivity contribution in [2.45, 2.75) is 71.4 Å². The van der Waals surface area contributed by atoms with Crippen LogP contribution in [0.4, 0.5) is 5.82 Å². The average Bonchev–Trinajstić information content (AvgIpc) is 3.32. The van der Waals surface area contributed by atoms with Gasteiger partial charge in [0.15, 0.2) is 0 Å². The fourth-order valence-electron chi connectivity index (χ4n) is 4.98. The van der Waals surface area contributed by atoms with E-state index < -0.39 is 0 Å². The first kappa shape index (κ1) is 25.0. The molecule has 4 heterocycles. The van der Waals surface area contributed by atoms with Crippen molar-refractivity contribution < 1.29 is 9.53 Å². The number of carbonyl (C=O) groups excluding carboxylic acids is 1. The Kier molecular flexibility index (Phi) is 8.12. The number of rotatable bonds is 6. The first-order valence-corrected chi connectivity index (χ1v) is 13.5. The van der Waals surface area contributed by atoms with Crippen molar-refractivity contribution >= 4 is 46.1 Å². The molecule has 182 valence electrons. The smallest absolute Gasteiger partial charge is 0.270 e. The van der Waals surface area contributed by atoms with Gasteiger partial charge in [-0.25, -0.2) is 0 Å². The van der Waals surface area contributed by atoms with Crippen molar-refractivity contribution in [3.05, 3.63) is 31.9 Å². The normalized spacial score (nSPS) is 22.5. The molecule has 3 fully saturated rings. The van der Waals surface area contributed by atoms with E-state index in [9.17, 15) is 14.9 Å². The molecule has 3 aliphatic rings. The highest BCUT2D eigenvalue weighted by Gasteiger charge is 2.35. The fourth-order valence-corrected chi connectivity index (χ4v) is 6.24. The number of hydrogen-bond donors (Lipinski definition) is 0. The van der Waals surface area contributed by atoms with Gasteiger partial charge in [-0.1, -0.05) is 43.7 Å². The number of pyridine rings is 1. The Morgan fingerprint density at radius 3 is 2.56 bits per heavy atom. The minimum atomic E-state index is -0.246. The molecule has 1 unspecified atom stereocenters. The molecule has 0 N–H and O–H groups in total. The summed E-state index contributed by atoms with van der Waals surface area (Å²) in [6, 6.07) is 2.12. The molecular weight excluding hydrogens is 468 g/mol. The van der Waals surface area contributed by atoms with Crippen LogP contribution in [-0.4, -0.2) is 52.0 Å². The number of ether oxygens (including phenoxy) is 1. The van der Waals surface area contributed by atoms with Gasteiger partial charge < -0.3 is 9.64 Å². The molecule has 0 aliphatic carbocycles. The van der Waals surface area contributed by atoms with E-state index >= 15 is 0 Å². The van der Waals surface area contributed by atoms with Gasteiger partial charge in [0.05, 0.1) is 17.6 Å². The van der Waals surface area contributed by atoms with Crippen LogP contribution in [0.25, 0.3) is 6.08 Å². The minimum absolute atomic E-state index is 0.0212. The molecule has 3 aliphatic heterocycles. The van der Waals surface area contributed by atoms with Crippen molar-refractivity contribution in [3.63, 3.8) is 0 Å². The number of hydrogen-bond acceptors (Lipinski definition) is 7. The highest BCUT2D eigenvalue weighted by atomic mass is 32.2. The Balaban J connectivity index is 1.81. The van der Waals surface area contributed by atoms with Crippen LogP contribution in [-0.2, 0) is 16.1 Å². The van der Waals surface area contributed by atoms with Gasteiger partial charge in [0, 0.05) is 31.8 Å². The molecule has 1 aromatic rings. The maximum Gasteiger partial charge on any atom is 0.270 e. The lowest BCUT2D eigenvalue weighted by Gasteiger charge is -2.29. The summed E-state index contributed by atoms with van der Waals surface area (Å²) < 4.78 is 7.99. The molecule has 34 heavy (non-hydrogen) atoms. The maximum atomic E-state index is 13.3. The summed E-state index contributed by atoms with van der Waals surface area (Å²) >= 11 is 6.83. The Morgan fingerprint density at radius 1 is 1.21 bits per heavy atom. The molecule has 1 amide bonds. The number of nitrogens with zero attached hydrogens (tertiary/aromatic N) is 4. The lowest BCUT2D eigenvalue weighted by atomic mass is 10.0. The lowest BCUT2D eigenvalue weighted by Crippen LogP contribution is -2.36. The number of thiocarbonyl (C=S) groups is 1. The summed E-state index contributed by atoms with van der Waals surface area (Å²) in [5.41, 5.74) is 1.31. The number of aromatic nitrogens is 1. The summed E-state index contributed by atoms with van der Waals surface area (Å²) in [5, 5.41) is 9.81. The van der Waals surface area contributed by atoms with E-state index in [0.29, 0.717) is 27.9 Å². The Bertz CT molecular complexity index is 1090. The van der Waals surface area contributed by atoms with Gasteiger partial charge in [-0.15, -0.1) is 0 Å². The second-order valence-corrected chi connectivity index (χ2v) is 10.8. The van der Waals surface area contributed by atoms with Crippen molar-refractivity contribution in [2.24, 2.45) is 0 Å². The highest BCUT2D eigenvalue weighted by Crippen LogP contribution is 2.37. The highest BCUT2D eigenvalue weighted by molar-refractivity contribution is 8.26. The number of amides is 1. The molecule has 0 saturated carbocycles. The summed E-state index contributed by atoms with van der Waals surface area (Å²) in [6.07, 6.45) is 9.04. The van der Waals surface area contributed by atoms with Gasteiger partial charge in [-0.05, 0) is 50.7 Å². The number of anilines is 1. The first-order valence-electron chi connectivity index (χ1n) is 12.3. The largest absolute Gasteiger partial charge is 0.376 e. The zero-order chi connectivity index (χ0) is 24.2. The summed E-state index contributed by atoms with van der Waals surface area (Å²) in [6.45, 7) is 7.28. The van der Waals surface area contributed by atoms with E-state index in [1.807, 2.05) is 19.9 Å². The Morgan fingerprint density at radius 2 is 1.94 bits per heavy atom. The van der Waals surface area contributed by atoms with Crippen molar-refractivity contribution in [2.75, 3.05) is 31.1 Å². The average molecular weight is 501 g/mol. The third-order valence-corrected chi connectivity index (χ3v) is 8.14. The van der Waals surface area contributed by atoms with E-state index in [4.69, 9.17) is 17.0 Å². The van der Waals surface area contributed by atoms with Crippen molar-refractivity contribution in [1.82, 2.24) is 9.47 Å². The molecule has 3 saturated heterocycles. The van der Waals surface area contributed by atoms with E-state index in [-0.39, 0.29) is 23.1 Å². The summed E-state index contributed by atoms with van der Waals surface area (Å²) in [7, 11) is 0. The monoisotopic (exact) mass is 500 g/mol. The van der Waals surface area contributed by atoms with Crippen molar-refractivity contribution in [3.8, 4) is 6.07 Å². The maximum absolute atomic E-state index is 13.3. The molecule has 7 nitrogen and oxygen atoms in total. The first-order chi connectivity index (χ1) is 16.5. The topological polar surface area (TPSA) is 78.6 Å². The van der Waals surface area contributed by atoms with Gasteiger partial charge in [-0.2, -0.15) is 5.26 Å². The zero-order valence-corrected chi connectivity index (χ0v) is 21.6. The molecule has 9 heteroatoms. The van der Waals surface area contributed by atoms with Crippen LogP contribution < -0.4 is 10.5 Å². The van der Waals surface area contributed by atoms with Crippen LogP contribution in [0.3, 0.4) is 0 Å². The molecular formula is C25H32N4O3S2. The molecule has 0 spiro atoms. The summed E-state index contributed by atoms with van der Waals surface area (Å²) in [5.74, 6) is 0.702. The molecule has 0 bridgehead atoms. The number of thioether (sulfide) groups is 1. The van der Waals surface area contributed by atoms with Gasteiger partial charge in [0.1, 0.15) is 21.8 Å². The number of nitriles is 1. The van der Waals surface area contributed by atoms with Crippen LogP contribution in [0.15, 0.2) is 9.70 Å². The van der Waals surface area contributed by atoms with Crippen LogP contribution in [0, 0.1) is 18.3 Å². The quantitative estimate of drug-likeness (QED) is 0.428. The predicted octanol–water partition coefficient (Wildman–Crippen LogP) is 4.20. The third-order valence-electron chi connectivity index (χ3n) is 6.76. The van der Waals surface area contributed by atoms with E-state index in [2.05, 4.69) is 11.0 Å². The third kappa shape index (κ3) is 4.95. The fraction of sp³-hybridized carbons (Fsp3) is 0.600. The Labute approximate surface area is 210 Å². The molecule has 0 radical (unpaired) electrons. The van der Waals surface area contributed by atoms with Crippen LogP contribution >= 0.6 is 24.0 Å². The summed E-state index contributed by atoms with van der Waals surface area (Å²) in [4.78, 5) is 31.1. The minimum Gasteiger partial charge on any atom is -0.376 e. The number of carbonyl (C=O) groups is 1. The van der Waals surface area contributed by atoms with Gasteiger partial charge in [-0.3, -0.25) is 19.1 Å². The SMILES string of the molecule is CCCn1c(N2CCCCCC2)c(C=C2SC(=S)N(CC3CCCO3)C2=O)c(C)c(C#N)c1=O. The molecule has 1 atom stereocenters. The second kappa shape index (κ2) is 11.1. The molecule has 4 rings (SSSR count). The van der Waals surface area contributed by atoms with E-state index in [0.717, 1.165) is 63.2 Å². The van der Waals surface area contributed by atoms with Crippen LogP contribution in [0.5, 0.6) is 0 Å². The second-order valence-electron chi connectivity index (χ2n) is 9.13. The van der Waals surface area contributed by atoms with Gasteiger partial charge in [0.2, 0.25) is 0 Å². The Hall–Kier alpha value is -2.15. The van der Waals surface area contributed by atoms with E-state index in [1.165, 1.54) is 24.6 Å². The van der Waals surface area contributed by atoms with Crippen LogP contribution in [0.1, 0.15) is 68.6 Å². The van der Waals surface area contributed by atoms with E-state index in [1.54, 1.807) is 9.47 Å². The van der Waals surface area contributed by atoms with Gasteiger partial charge in [0.25, 0.3) is 11.5 Å². The zero-order valence-electron chi connectivity index (χ0n) is 20.0. The van der Waals surface area contributed by atoms with Crippen molar-refractivity contribution in [1.29, 1.82) is 5.26 Å². The standard InChI is InChI=1S/C25H32N4O3S2/c1-3-10-28-22(27-11-6-4-5-7-12-27)19(17(2)20(15-26)23(28)30)14-21-24(31)29(25(33)34-21)16-18-9-8-13-32-18/h14,18H,3-13,16H2,1-2H3. The van der Waals surface area contributed by atoms with Crippen LogP contribution in [0.2, 0.25) is 0 Å². The predicted molar refractivity (Wildman–Crippen MR) is 140 cm³/mol. The lowest BCUT2D eigenvalue weighted by molar-refractivity contribution is -0.123.